The Bertz CT molecular complexity index is 1780. The van der Waals surface area contributed by atoms with Crippen LogP contribution in [-0.2, 0) is 33.2 Å². The molecule has 0 aromatic rings. The summed E-state index contributed by atoms with van der Waals surface area (Å²) in [4.78, 5) is 13.2. The third kappa shape index (κ3) is 7.71. The van der Waals surface area contributed by atoms with Crippen molar-refractivity contribution in [2.45, 2.75) is 204 Å². The summed E-state index contributed by atoms with van der Waals surface area (Å²) in [6.07, 6.45) is -15.4. The van der Waals surface area contributed by atoms with Crippen LogP contribution in [0.2, 0.25) is 0 Å². The van der Waals surface area contributed by atoms with Gasteiger partial charge in [-0.1, -0.05) is 60.1 Å². The number of aliphatic carboxylic acids is 1. The lowest BCUT2D eigenvalue weighted by atomic mass is 9.33. The number of ether oxygens (including phenoxy) is 6. The molecule has 5 aliphatic carbocycles. The monoisotopic (exact) mass is 929 g/mol. The molecule has 372 valence electrons. The average Bonchev–Trinajstić information content (AvgIpc) is 3.23. The summed E-state index contributed by atoms with van der Waals surface area (Å²) < 4.78 is 35.4. The fourth-order valence-corrected chi connectivity index (χ4v) is 15.0. The van der Waals surface area contributed by atoms with Gasteiger partial charge in [0, 0.05) is 0 Å². The molecule has 18 nitrogen and oxygen atoms in total. The standard InChI is InChI=1S/C47H76O18/c1-42(2)14-15-47(41(58)59)22(16-42)21-8-9-27-44(5)12-11-29(43(3,4)26(44)10-13-45(27,6)46(21,7)17-28(47)51)63-38-34(56)36(23(50)20-60-38)64-40-35(57)37(31(53)25(19-49)62-40)65-39-33(55)32(54)30(52)24(18-48)61-39/h8,22-40,48-57H,9-20H2,1-7H3,(H,58,59)/t22-,23-,24+,25+,26-,27+,28+,29-,30+,31+,32-,33+,34+,35+,36-,37-,38+,39-,40-,44-,45+,46+,47+/m0/s1. The fraction of sp³-hybridized carbons (Fsp3) is 0.936. The Hall–Kier alpha value is -1.43. The van der Waals surface area contributed by atoms with Gasteiger partial charge in [-0.2, -0.15) is 0 Å². The van der Waals surface area contributed by atoms with E-state index in [2.05, 4.69) is 54.5 Å². The highest BCUT2D eigenvalue weighted by Gasteiger charge is 2.71. The van der Waals surface area contributed by atoms with Crippen molar-refractivity contribution in [3.05, 3.63) is 11.6 Å². The van der Waals surface area contributed by atoms with E-state index in [1.165, 1.54) is 5.57 Å². The Morgan fingerprint density at radius 2 is 1.29 bits per heavy atom. The van der Waals surface area contributed by atoms with E-state index in [9.17, 15) is 61.0 Å². The van der Waals surface area contributed by atoms with E-state index in [-0.39, 0.29) is 40.6 Å². The number of allylic oxidation sites excluding steroid dienone is 2. The number of carboxylic acids is 1. The molecular weight excluding hydrogens is 852 g/mol. The number of rotatable bonds is 9. The largest absolute Gasteiger partial charge is 0.481 e. The molecule has 23 atom stereocenters. The molecular formula is C47H76O18. The van der Waals surface area contributed by atoms with Gasteiger partial charge in [0.2, 0.25) is 0 Å². The summed E-state index contributed by atoms with van der Waals surface area (Å²) >= 11 is 0. The van der Waals surface area contributed by atoms with Gasteiger partial charge in [-0.25, -0.2) is 0 Å². The molecule has 11 N–H and O–H groups in total. The minimum absolute atomic E-state index is 0.0400. The first kappa shape index (κ1) is 50.0. The fourth-order valence-electron chi connectivity index (χ4n) is 15.0. The van der Waals surface area contributed by atoms with Crippen molar-refractivity contribution in [3.63, 3.8) is 0 Å². The Morgan fingerprint density at radius 3 is 1.94 bits per heavy atom. The lowest BCUT2D eigenvalue weighted by Gasteiger charge is -2.71. The van der Waals surface area contributed by atoms with Crippen LogP contribution in [0.3, 0.4) is 0 Å². The summed E-state index contributed by atoms with van der Waals surface area (Å²) in [5.41, 5.74) is -1.19. The second kappa shape index (κ2) is 17.5. The van der Waals surface area contributed by atoms with Crippen molar-refractivity contribution in [3.8, 4) is 0 Å². The third-order valence-corrected chi connectivity index (χ3v) is 19.0. The maximum Gasteiger partial charge on any atom is 0.312 e. The summed E-state index contributed by atoms with van der Waals surface area (Å²) in [6.45, 7) is 14.0. The summed E-state index contributed by atoms with van der Waals surface area (Å²) in [5, 5.41) is 119. The molecule has 3 heterocycles. The molecule has 65 heavy (non-hydrogen) atoms. The normalized spacial score (nSPS) is 54.0. The highest BCUT2D eigenvalue weighted by molar-refractivity contribution is 5.77. The smallest absolute Gasteiger partial charge is 0.312 e. The second-order valence-electron chi connectivity index (χ2n) is 23.1. The van der Waals surface area contributed by atoms with Gasteiger partial charge in [-0.05, 0) is 103 Å². The van der Waals surface area contributed by atoms with Gasteiger partial charge in [-0.15, -0.1) is 0 Å². The Morgan fingerprint density at radius 1 is 0.677 bits per heavy atom. The number of fused-ring (bicyclic) bond motifs is 7. The van der Waals surface area contributed by atoms with Crippen molar-refractivity contribution in [1.29, 1.82) is 0 Å². The van der Waals surface area contributed by atoms with E-state index >= 15 is 0 Å². The number of aliphatic hydroxyl groups excluding tert-OH is 10. The van der Waals surface area contributed by atoms with E-state index in [1.54, 1.807) is 0 Å². The zero-order valence-corrected chi connectivity index (χ0v) is 38.8. The van der Waals surface area contributed by atoms with Crippen LogP contribution in [0.5, 0.6) is 0 Å². The molecule has 0 spiro atoms. The van der Waals surface area contributed by atoms with E-state index in [0.29, 0.717) is 19.3 Å². The van der Waals surface area contributed by atoms with Crippen LogP contribution < -0.4 is 0 Å². The molecule has 0 bridgehead atoms. The molecule has 18 heteroatoms. The summed E-state index contributed by atoms with van der Waals surface area (Å²) in [5.74, 6) is -0.710. The SMILES string of the molecule is CC1(C)CC[C@]2(C(=O)O)[C@H](O)C[C@]3(C)C(=CC[C@@H]4[C@@]5(C)CC[C@H](O[C@H]6OC[C@H](O)[C@H](O[C@@H]7O[C@H](CO)[C@@H](O)[C@H](O[C@@H]8O[C@H](CO)[C@@H](O)[C@H](O)[C@H]8O)[C@H]7O)[C@H]6O)C(C)(C)[C@@H]5CC[C@]43C)[C@@H]2C1. The Labute approximate surface area is 380 Å². The zero-order valence-electron chi connectivity index (χ0n) is 38.8. The van der Waals surface area contributed by atoms with Crippen LogP contribution >= 0.6 is 0 Å². The maximum absolute atomic E-state index is 13.2. The number of aliphatic hydroxyl groups is 10. The third-order valence-electron chi connectivity index (χ3n) is 19.0. The van der Waals surface area contributed by atoms with E-state index < -0.39 is 134 Å². The first-order valence-corrected chi connectivity index (χ1v) is 23.8. The maximum atomic E-state index is 13.2. The van der Waals surface area contributed by atoms with Crippen LogP contribution in [0.15, 0.2) is 11.6 Å². The highest BCUT2D eigenvalue weighted by atomic mass is 16.8. The van der Waals surface area contributed by atoms with Gasteiger partial charge in [0.05, 0.1) is 32.0 Å². The minimum atomic E-state index is -1.88. The number of carboxylic acid groups (broad SMARTS) is 1. The predicted octanol–water partition coefficient (Wildman–Crippen LogP) is 0.316. The molecule has 0 aromatic carbocycles. The first-order valence-electron chi connectivity index (χ1n) is 23.8. The molecule has 0 aromatic heterocycles. The number of hydrogen-bond donors (Lipinski definition) is 11. The van der Waals surface area contributed by atoms with Gasteiger partial charge in [0.1, 0.15) is 72.6 Å². The van der Waals surface area contributed by atoms with Crippen LogP contribution in [0.1, 0.15) is 106 Å². The van der Waals surface area contributed by atoms with Crippen LogP contribution in [-0.4, -0.2) is 180 Å². The molecule has 4 saturated carbocycles. The quantitative estimate of drug-likeness (QED) is 0.110. The number of hydrogen-bond acceptors (Lipinski definition) is 17. The first-order chi connectivity index (χ1) is 30.3. The second-order valence-corrected chi connectivity index (χ2v) is 23.1. The van der Waals surface area contributed by atoms with Crippen LogP contribution in [0, 0.1) is 50.2 Å². The lowest BCUT2D eigenvalue weighted by molar-refractivity contribution is -0.379. The molecule has 0 radical (unpaired) electrons. The summed E-state index contributed by atoms with van der Waals surface area (Å²) in [6, 6.07) is 0. The molecule has 8 rings (SSSR count). The minimum Gasteiger partial charge on any atom is -0.481 e. The topological polar surface area (TPSA) is 295 Å². The van der Waals surface area contributed by atoms with Crippen molar-refractivity contribution in [1.82, 2.24) is 0 Å². The van der Waals surface area contributed by atoms with Crippen molar-refractivity contribution < 1.29 is 89.4 Å². The molecule has 3 aliphatic heterocycles. The zero-order chi connectivity index (χ0) is 47.6. The molecule has 0 unspecified atom stereocenters. The molecule has 3 saturated heterocycles. The van der Waals surface area contributed by atoms with Crippen molar-refractivity contribution >= 4 is 5.97 Å². The van der Waals surface area contributed by atoms with Gasteiger partial charge >= 0.3 is 5.97 Å². The Balaban J connectivity index is 0.976. The molecule has 0 amide bonds. The van der Waals surface area contributed by atoms with Gasteiger partial charge < -0.3 is 84.6 Å². The highest BCUT2D eigenvalue weighted by Crippen LogP contribution is 2.76. The van der Waals surface area contributed by atoms with E-state index in [0.717, 1.165) is 38.5 Å². The van der Waals surface area contributed by atoms with Gasteiger partial charge in [0.15, 0.2) is 18.9 Å². The lowest BCUT2D eigenvalue weighted by Crippen LogP contribution is -2.68. The van der Waals surface area contributed by atoms with E-state index in [1.807, 2.05) is 0 Å². The molecule has 8 aliphatic rings. The van der Waals surface area contributed by atoms with E-state index in [4.69, 9.17) is 28.4 Å². The predicted molar refractivity (Wildman–Crippen MR) is 226 cm³/mol. The van der Waals surface area contributed by atoms with Gasteiger partial charge in [0.25, 0.3) is 0 Å². The number of carbonyl (C=O) groups is 1. The van der Waals surface area contributed by atoms with Crippen LogP contribution in [0.4, 0.5) is 0 Å². The van der Waals surface area contributed by atoms with Crippen LogP contribution in [0.25, 0.3) is 0 Å². The summed E-state index contributed by atoms with van der Waals surface area (Å²) in [7, 11) is 0. The van der Waals surface area contributed by atoms with Gasteiger partial charge in [-0.3, -0.25) is 4.79 Å². The molecule has 7 fully saturated rings. The van der Waals surface area contributed by atoms with Crippen molar-refractivity contribution in [2.75, 3.05) is 19.8 Å². The Kier molecular flexibility index (Phi) is 13.4. The van der Waals surface area contributed by atoms with Crippen molar-refractivity contribution in [2.24, 2.45) is 50.2 Å². The average molecular weight is 929 g/mol.